The van der Waals surface area contributed by atoms with E-state index in [2.05, 4.69) is 26.0 Å². The Labute approximate surface area is 251 Å². The lowest BCUT2D eigenvalue weighted by Gasteiger charge is -2.26. The highest BCUT2D eigenvalue weighted by molar-refractivity contribution is 5.91. The molecule has 0 N–H and O–H groups in total. The van der Waals surface area contributed by atoms with Crippen molar-refractivity contribution in [1.82, 2.24) is 0 Å². The predicted octanol–water partition coefficient (Wildman–Crippen LogP) is 10.6. The second-order valence-corrected chi connectivity index (χ2v) is 11.6. The fourth-order valence-electron chi connectivity index (χ4n) is 5.55. The molecular formula is C36H50F2O4. The van der Waals surface area contributed by atoms with Crippen molar-refractivity contribution < 1.29 is 27.8 Å². The van der Waals surface area contributed by atoms with Crippen LogP contribution in [-0.2, 0) is 0 Å². The molecule has 1 aliphatic carbocycles. The summed E-state index contributed by atoms with van der Waals surface area (Å²) in [5, 5.41) is 0. The Morgan fingerprint density at radius 2 is 1.40 bits per heavy atom. The minimum absolute atomic E-state index is 0.194. The first-order valence-electron chi connectivity index (χ1n) is 16.2. The van der Waals surface area contributed by atoms with E-state index in [1.807, 2.05) is 0 Å². The maximum atomic E-state index is 14.6. The number of carbonyl (C=O) groups excluding carboxylic acids is 1. The van der Waals surface area contributed by atoms with Gasteiger partial charge in [-0.05, 0) is 80.3 Å². The quantitative estimate of drug-likeness (QED) is 0.0713. The van der Waals surface area contributed by atoms with Crippen molar-refractivity contribution in [1.29, 1.82) is 0 Å². The summed E-state index contributed by atoms with van der Waals surface area (Å²) in [6.07, 6.45) is 22.6. The molecule has 42 heavy (non-hydrogen) atoms. The summed E-state index contributed by atoms with van der Waals surface area (Å²) in [6, 6.07) is 9.00. The zero-order valence-corrected chi connectivity index (χ0v) is 25.7. The highest BCUT2D eigenvalue weighted by atomic mass is 19.2. The second kappa shape index (κ2) is 19.3. The van der Waals surface area contributed by atoms with Crippen molar-refractivity contribution in [3.63, 3.8) is 0 Å². The highest BCUT2D eigenvalue weighted by Crippen LogP contribution is 2.32. The van der Waals surface area contributed by atoms with Crippen LogP contribution >= 0.6 is 0 Å². The Bertz CT molecular complexity index is 1070. The molecular weight excluding hydrogens is 534 g/mol. The van der Waals surface area contributed by atoms with Gasteiger partial charge in [-0.15, -0.1) is 0 Å². The van der Waals surface area contributed by atoms with Crippen LogP contribution in [0.5, 0.6) is 17.2 Å². The van der Waals surface area contributed by atoms with E-state index in [0.29, 0.717) is 24.9 Å². The van der Waals surface area contributed by atoms with Gasteiger partial charge in [0.1, 0.15) is 18.1 Å². The molecule has 1 saturated carbocycles. The number of benzene rings is 2. The van der Waals surface area contributed by atoms with Crippen molar-refractivity contribution in [3.8, 4) is 17.2 Å². The second-order valence-electron chi connectivity index (χ2n) is 11.6. The maximum Gasteiger partial charge on any atom is 0.346 e. The smallest absolute Gasteiger partial charge is 0.346 e. The minimum Gasteiger partial charge on any atom is -0.490 e. The molecule has 0 atom stereocenters. The van der Waals surface area contributed by atoms with Gasteiger partial charge in [-0.3, -0.25) is 0 Å². The Hall–Kier alpha value is -2.89. The topological polar surface area (TPSA) is 44.8 Å². The molecule has 4 nitrogen and oxygen atoms in total. The van der Waals surface area contributed by atoms with Gasteiger partial charge in [0.25, 0.3) is 0 Å². The summed E-state index contributed by atoms with van der Waals surface area (Å²) >= 11 is 0. The zero-order chi connectivity index (χ0) is 30.0. The van der Waals surface area contributed by atoms with Crippen molar-refractivity contribution in [2.24, 2.45) is 11.8 Å². The minimum atomic E-state index is -1.27. The number of ether oxygens (including phenoxy) is 3. The van der Waals surface area contributed by atoms with Crippen molar-refractivity contribution in [2.75, 3.05) is 13.2 Å². The third kappa shape index (κ3) is 11.8. The van der Waals surface area contributed by atoms with Gasteiger partial charge in [0.2, 0.25) is 5.82 Å². The first kappa shape index (κ1) is 33.6. The number of carbonyl (C=O) groups is 1. The first-order chi connectivity index (χ1) is 20.5. The molecule has 0 aliphatic heterocycles. The number of hydrogen-bond acceptors (Lipinski definition) is 4. The summed E-state index contributed by atoms with van der Waals surface area (Å²) in [5.74, 6) is -1.22. The van der Waals surface area contributed by atoms with E-state index < -0.39 is 23.2 Å². The number of allylic oxidation sites excluding steroid dienone is 1. The molecule has 6 heteroatoms. The SMILES string of the molecule is CCCCCCCCCOc1ccc(C(=O)Oc2ccc(OCC=CC3CCC(CCCCC)CC3)cc2)c(F)c1F. The molecule has 2 aromatic rings. The molecule has 0 heterocycles. The molecule has 2 aromatic carbocycles. The average Bonchev–Trinajstić information content (AvgIpc) is 3.00. The molecule has 0 unspecified atom stereocenters. The monoisotopic (exact) mass is 584 g/mol. The molecule has 1 fully saturated rings. The van der Waals surface area contributed by atoms with E-state index in [9.17, 15) is 13.6 Å². The largest absolute Gasteiger partial charge is 0.490 e. The van der Waals surface area contributed by atoms with Crippen LogP contribution in [0.4, 0.5) is 8.78 Å². The number of halogens is 2. The van der Waals surface area contributed by atoms with Crippen LogP contribution in [0.3, 0.4) is 0 Å². The van der Waals surface area contributed by atoms with Gasteiger partial charge in [-0.2, -0.15) is 4.39 Å². The Morgan fingerprint density at radius 3 is 2.12 bits per heavy atom. The van der Waals surface area contributed by atoms with Crippen LogP contribution in [-0.4, -0.2) is 19.2 Å². The van der Waals surface area contributed by atoms with Crippen molar-refractivity contribution >= 4 is 5.97 Å². The lowest BCUT2D eigenvalue weighted by Crippen LogP contribution is -2.13. The first-order valence-corrected chi connectivity index (χ1v) is 16.2. The maximum absolute atomic E-state index is 14.6. The van der Waals surface area contributed by atoms with Gasteiger partial charge in [-0.1, -0.05) is 90.2 Å². The fraction of sp³-hybridized carbons (Fsp3) is 0.583. The molecule has 3 rings (SSSR count). The lowest BCUT2D eigenvalue weighted by molar-refractivity contribution is 0.0728. The van der Waals surface area contributed by atoms with E-state index in [1.165, 1.54) is 89.2 Å². The summed E-state index contributed by atoms with van der Waals surface area (Å²) in [5.41, 5.74) is -0.476. The fourth-order valence-corrected chi connectivity index (χ4v) is 5.55. The normalized spacial score (nSPS) is 17.0. The lowest BCUT2D eigenvalue weighted by atomic mass is 9.79. The third-order valence-electron chi connectivity index (χ3n) is 8.17. The van der Waals surface area contributed by atoms with E-state index in [1.54, 1.807) is 24.3 Å². The van der Waals surface area contributed by atoms with Crippen LogP contribution in [0.25, 0.3) is 0 Å². The van der Waals surface area contributed by atoms with Gasteiger partial charge in [0, 0.05) is 0 Å². The van der Waals surface area contributed by atoms with Crippen molar-refractivity contribution in [2.45, 2.75) is 110 Å². The predicted molar refractivity (Wildman–Crippen MR) is 165 cm³/mol. The average molecular weight is 585 g/mol. The Morgan fingerprint density at radius 1 is 0.762 bits per heavy atom. The van der Waals surface area contributed by atoms with E-state index in [0.717, 1.165) is 25.2 Å². The zero-order valence-electron chi connectivity index (χ0n) is 25.7. The van der Waals surface area contributed by atoms with Crippen LogP contribution < -0.4 is 14.2 Å². The molecule has 0 amide bonds. The molecule has 0 bridgehead atoms. The Balaban J connectivity index is 1.37. The standard InChI is InChI=1S/C36H50F2O4/c1-3-5-7-8-9-10-12-26-41-33-25-24-32(34(37)35(33)38)36(39)42-31-22-20-30(21-23-31)40-27-13-15-29-18-16-28(17-19-29)14-11-6-4-2/h13,15,20-25,28-29H,3-12,14,16-19,26-27H2,1-2H3. The number of rotatable bonds is 19. The molecule has 0 radical (unpaired) electrons. The van der Waals surface area contributed by atoms with Crippen LogP contribution in [0.1, 0.15) is 121 Å². The van der Waals surface area contributed by atoms with Crippen molar-refractivity contribution in [3.05, 3.63) is 65.7 Å². The van der Waals surface area contributed by atoms with Crippen LogP contribution in [0.15, 0.2) is 48.6 Å². The Kier molecular flexibility index (Phi) is 15.5. The van der Waals surface area contributed by atoms with Gasteiger partial charge in [0.15, 0.2) is 11.6 Å². The van der Waals surface area contributed by atoms with E-state index in [4.69, 9.17) is 14.2 Å². The number of hydrogen-bond donors (Lipinski definition) is 0. The molecule has 0 spiro atoms. The van der Waals surface area contributed by atoms with E-state index >= 15 is 0 Å². The van der Waals surface area contributed by atoms with Gasteiger partial charge in [-0.25, -0.2) is 9.18 Å². The summed E-state index contributed by atoms with van der Waals surface area (Å²) in [7, 11) is 0. The summed E-state index contributed by atoms with van der Waals surface area (Å²) in [6.45, 7) is 5.21. The molecule has 232 valence electrons. The van der Waals surface area contributed by atoms with Gasteiger partial charge in [0.05, 0.1) is 12.2 Å². The third-order valence-corrected chi connectivity index (χ3v) is 8.17. The molecule has 0 saturated heterocycles. The van der Waals surface area contributed by atoms with Gasteiger partial charge >= 0.3 is 5.97 Å². The summed E-state index contributed by atoms with van der Waals surface area (Å²) in [4.78, 5) is 12.5. The summed E-state index contributed by atoms with van der Waals surface area (Å²) < 4.78 is 45.7. The number of unbranched alkanes of at least 4 members (excludes halogenated alkanes) is 8. The van der Waals surface area contributed by atoms with Crippen LogP contribution in [0.2, 0.25) is 0 Å². The molecule has 1 aliphatic rings. The van der Waals surface area contributed by atoms with Crippen LogP contribution in [0, 0.1) is 23.5 Å². The van der Waals surface area contributed by atoms with Gasteiger partial charge < -0.3 is 14.2 Å². The number of esters is 1. The highest BCUT2D eigenvalue weighted by Gasteiger charge is 2.21. The van der Waals surface area contributed by atoms with E-state index in [-0.39, 0.29) is 11.5 Å². The molecule has 0 aromatic heterocycles.